The van der Waals surface area contributed by atoms with E-state index in [1.165, 1.54) is 0 Å². The topological polar surface area (TPSA) is 95.9 Å². The van der Waals surface area contributed by atoms with Gasteiger partial charge in [-0.25, -0.2) is 0 Å². The van der Waals surface area contributed by atoms with Gasteiger partial charge in [0.25, 0.3) is 5.91 Å². The number of ether oxygens (including phenoxy) is 1. The summed E-state index contributed by atoms with van der Waals surface area (Å²) in [5.74, 6) is 0.693. The average Bonchev–Trinajstić information content (AvgIpc) is 2.51. The van der Waals surface area contributed by atoms with Crippen LogP contribution in [0.15, 0.2) is 36.4 Å². The number of aryl methyl sites for hydroxylation is 1. The molecule has 130 valence electrons. The van der Waals surface area contributed by atoms with Crippen molar-refractivity contribution in [2.45, 2.75) is 26.7 Å². The van der Waals surface area contributed by atoms with Crippen LogP contribution in [0.3, 0.4) is 0 Å². The number of nitrogens with two attached hydrogens (primary N) is 1. The van der Waals surface area contributed by atoms with Crippen molar-refractivity contribution in [2.24, 2.45) is 0 Å². The zero-order valence-electron chi connectivity index (χ0n) is 13.9. The van der Waals surface area contributed by atoms with E-state index in [0.29, 0.717) is 34.3 Å². The van der Waals surface area contributed by atoms with Crippen LogP contribution in [0.5, 0.6) is 11.5 Å². The largest absolute Gasteiger partial charge is 0.455 e. The third-order valence-corrected chi connectivity index (χ3v) is 3.65. The Morgan fingerprint density at radius 3 is 2.54 bits per heavy atom. The maximum absolute atomic E-state index is 12.4. The molecule has 0 saturated heterocycles. The van der Waals surface area contributed by atoms with Gasteiger partial charge in [-0.2, -0.15) is 0 Å². The number of amides is 1. The molecule has 0 aliphatic carbocycles. The lowest BCUT2D eigenvalue weighted by molar-refractivity contribution is 0.0951. The summed E-state index contributed by atoms with van der Waals surface area (Å²) in [6.45, 7) is 4.66. The molecule has 0 aliphatic rings. The summed E-state index contributed by atoms with van der Waals surface area (Å²) < 4.78 is 5.83. The number of nitrogens with one attached hydrogen (secondary N) is 1. The second-order valence-electron chi connectivity index (χ2n) is 5.40. The zero-order valence-corrected chi connectivity index (χ0v) is 14.6. The van der Waals surface area contributed by atoms with Crippen molar-refractivity contribution < 1.29 is 15.0 Å². The van der Waals surface area contributed by atoms with Gasteiger partial charge in [-0.15, -0.1) is 0 Å². The highest BCUT2D eigenvalue weighted by Crippen LogP contribution is 2.35. The van der Waals surface area contributed by atoms with Crippen molar-refractivity contribution in [3.05, 3.63) is 52.5 Å². The molecule has 2 aromatic rings. The first kappa shape index (κ1) is 19.8. The van der Waals surface area contributed by atoms with Crippen LogP contribution in [0, 0.1) is 6.92 Å². The summed E-state index contributed by atoms with van der Waals surface area (Å²) in [6, 6.07) is 10.7. The van der Waals surface area contributed by atoms with Crippen molar-refractivity contribution >= 4 is 23.2 Å². The number of halogens is 1. The van der Waals surface area contributed by atoms with Gasteiger partial charge < -0.3 is 21.3 Å². The summed E-state index contributed by atoms with van der Waals surface area (Å²) >= 11 is 6.24. The van der Waals surface area contributed by atoms with E-state index in [1.807, 2.05) is 31.2 Å². The number of anilines is 1. The Bertz CT molecular complexity index is 687. The van der Waals surface area contributed by atoms with Gasteiger partial charge in [-0.05, 0) is 37.6 Å². The number of unbranched alkanes of at least 4 members (excludes halogenated alkanes) is 1. The van der Waals surface area contributed by atoms with Crippen LogP contribution >= 0.6 is 11.6 Å². The molecule has 0 bridgehead atoms. The molecule has 0 aliphatic heterocycles. The molecule has 5 N–H and O–H groups in total. The molecule has 5 nitrogen and oxygen atoms in total. The van der Waals surface area contributed by atoms with Crippen LogP contribution in [0.1, 0.15) is 35.7 Å². The molecule has 0 unspecified atom stereocenters. The Balaban J connectivity index is 0.00000288. The second-order valence-corrected chi connectivity index (χ2v) is 5.81. The predicted octanol–water partition coefficient (Wildman–Crippen LogP) is 3.73. The number of carbonyl (C=O) groups is 1. The molecule has 0 atom stereocenters. The molecule has 0 radical (unpaired) electrons. The number of benzene rings is 2. The van der Waals surface area contributed by atoms with Gasteiger partial charge in [0.2, 0.25) is 0 Å². The number of carbonyl (C=O) groups excluding carboxylic acids is 1. The zero-order chi connectivity index (χ0) is 16.8. The van der Waals surface area contributed by atoms with Gasteiger partial charge in [0.15, 0.2) is 5.75 Å². The quantitative estimate of drug-likeness (QED) is 0.613. The van der Waals surface area contributed by atoms with Gasteiger partial charge in [-0.1, -0.05) is 42.6 Å². The molecule has 1 amide bonds. The second kappa shape index (κ2) is 9.15. The summed E-state index contributed by atoms with van der Waals surface area (Å²) in [5, 5.41) is 3.17. The van der Waals surface area contributed by atoms with Gasteiger partial charge in [0, 0.05) is 12.2 Å². The smallest absolute Gasteiger partial charge is 0.255 e. The van der Waals surface area contributed by atoms with Gasteiger partial charge in [-0.3, -0.25) is 4.79 Å². The van der Waals surface area contributed by atoms with Crippen LogP contribution < -0.4 is 15.8 Å². The fourth-order valence-corrected chi connectivity index (χ4v) is 2.35. The lowest BCUT2D eigenvalue weighted by Gasteiger charge is -2.14. The van der Waals surface area contributed by atoms with Crippen molar-refractivity contribution in [2.75, 3.05) is 12.3 Å². The minimum Gasteiger partial charge on any atom is -0.455 e. The highest BCUT2D eigenvalue weighted by atomic mass is 35.5. The SMILES string of the molecule is CCCCNC(=O)c1cc(N)cc(Cl)c1Oc1ccc(C)cc1.O. The number of hydrogen-bond donors (Lipinski definition) is 2. The van der Waals surface area contributed by atoms with E-state index < -0.39 is 0 Å². The molecule has 0 aromatic heterocycles. The fourth-order valence-electron chi connectivity index (χ4n) is 2.08. The van der Waals surface area contributed by atoms with Gasteiger partial charge >= 0.3 is 0 Å². The third-order valence-electron chi connectivity index (χ3n) is 3.37. The number of hydrogen-bond acceptors (Lipinski definition) is 3. The van der Waals surface area contributed by atoms with E-state index in [0.717, 1.165) is 18.4 Å². The maximum atomic E-state index is 12.4. The Morgan fingerprint density at radius 2 is 1.92 bits per heavy atom. The van der Waals surface area contributed by atoms with Crippen LogP contribution in [-0.4, -0.2) is 17.9 Å². The summed E-state index contributed by atoms with van der Waals surface area (Å²) in [5.41, 5.74) is 7.70. The lowest BCUT2D eigenvalue weighted by Crippen LogP contribution is -2.25. The first-order chi connectivity index (χ1) is 11.0. The fraction of sp³-hybridized carbons (Fsp3) is 0.278. The van der Waals surface area contributed by atoms with Crippen molar-refractivity contribution in [3.63, 3.8) is 0 Å². The Hall–Kier alpha value is -2.24. The van der Waals surface area contributed by atoms with Crippen LogP contribution in [0.25, 0.3) is 0 Å². The molecule has 0 spiro atoms. The highest BCUT2D eigenvalue weighted by Gasteiger charge is 2.17. The van der Waals surface area contributed by atoms with Gasteiger partial charge in [0.1, 0.15) is 5.75 Å². The standard InChI is InChI=1S/C18H21ClN2O2.H2O/c1-3-4-9-21-18(22)15-10-13(20)11-16(19)17(15)23-14-7-5-12(2)6-8-14;/h5-8,10-11H,3-4,9,20H2,1-2H3,(H,21,22);1H2. The minimum atomic E-state index is -0.241. The third kappa shape index (κ3) is 5.15. The van der Waals surface area contributed by atoms with E-state index in [2.05, 4.69) is 12.2 Å². The molecule has 0 fully saturated rings. The van der Waals surface area contributed by atoms with Crippen molar-refractivity contribution in [1.82, 2.24) is 5.32 Å². The van der Waals surface area contributed by atoms with Crippen LogP contribution in [-0.2, 0) is 0 Å². The van der Waals surface area contributed by atoms with Crippen molar-refractivity contribution in [1.29, 1.82) is 0 Å². The van der Waals surface area contributed by atoms with E-state index in [9.17, 15) is 4.79 Å². The summed E-state index contributed by atoms with van der Waals surface area (Å²) in [7, 11) is 0. The van der Waals surface area contributed by atoms with E-state index in [4.69, 9.17) is 22.1 Å². The first-order valence-electron chi connectivity index (χ1n) is 7.63. The summed E-state index contributed by atoms with van der Waals surface area (Å²) in [4.78, 5) is 12.4. The van der Waals surface area contributed by atoms with Crippen LogP contribution in [0.2, 0.25) is 5.02 Å². The Kier molecular flexibility index (Phi) is 7.55. The summed E-state index contributed by atoms with van der Waals surface area (Å²) in [6.07, 6.45) is 1.92. The number of rotatable bonds is 6. The van der Waals surface area contributed by atoms with Gasteiger partial charge in [0.05, 0.1) is 10.6 Å². The molecule has 2 rings (SSSR count). The normalized spacial score (nSPS) is 9.96. The highest BCUT2D eigenvalue weighted by molar-refractivity contribution is 6.33. The molecule has 24 heavy (non-hydrogen) atoms. The minimum absolute atomic E-state index is 0. The monoisotopic (exact) mass is 350 g/mol. The predicted molar refractivity (Wildman–Crippen MR) is 98.0 cm³/mol. The van der Waals surface area contributed by atoms with E-state index >= 15 is 0 Å². The average molecular weight is 351 g/mol. The molecule has 6 heteroatoms. The van der Waals surface area contributed by atoms with Crippen molar-refractivity contribution in [3.8, 4) is 11.5 Å². The molecule has 0 saturated carbocycles. The molecule has 2 aromatic carbocycles. The molecular weight excluding hydrogens is 328 g/mol. The Labute approximate surface area is 147 Å². The molecular formula is C18H23ClN2O3. The molecule has 0 heterocycles. The van der Waals surface area contributed by atoms with Crippen LogP contribution in [0.4, 0.5) is 5.69 Å². The lowest BCUT2D eigenvalue weighted by atomic mass is 10.1. The number of nitrogen functional groups attached to an aromatic ring is 1. The van der Waals surface area contributed by atoms with E-state index in [-0.39, 0.29) is 11.4 Å². The first-order valence-corrected chi connectivity index (χ1v) is 8.00. The van der Waals surface area contributed by atoms with E-state index in [1.54, 1.807) is 12.1 Å². The Morgan fingerprint density at radius 1 is 1.25 bits per heavy atom. The maximum Gasteiger partial charge on any atom is 0.255 e.